The second kappa shape index (κ2) is 8.32. The maximum Gasteiger partial charge on any atom is 0.332 e. The summed E-state index contributed by atoms with van der Waals surface area (Å²) in [6.07, 6.45) is -5.61. The standard InChI is InChI=1S/C18H23NO8/c1-9(16(21)22)25-15-13(19-10(2)20)17(23)26-12-8-24-18(27-14(12)15)11-6-4-3-5-7-11/h3-7,9,12-15,17-18,23H,8H2,1-2H3,(H,19,20)(H,21,22)/t9?,12-,13-,14-,15-,17+,18?/m1/s1. The summed E-state index contributed by atoms with van der Waals surface area (Å²) in [5.74, 6) is -1.58. The summed E-state index contributed by atoms with van der Waals surface area (Å²) in [5, 5.41) is 22.0. The van der Waals surface area contributed by atoms with E-state index < -0.39 is 54.9 Å². The first kappa shape index (κ1) is 19.7. The molecule has 0 saturated carbocycles. The molecule has 2 saturated heterocycles. The molecule has 2 aliphatic rings. The highest BCUT2D eigenvalue weighted by Gasteiger charge is 2.51. The third kappa shape index (κ3) is 4.45. The Morgan fingerprint density at radius 1 is 1.26 bits per heavy atom. The summed E-state index contributed by atoms with van der Waals surface area (Å²) in [5.41, 5.74) is 0.781. The molecule has 3 rings (SSSR count). The number of carbonyl (C=O) groups excluding carboxylic acids is 1. The van der Waals surface area contributed by atoms with Crippen LogP contribution in [0.2, 0.25) is 0 Å². The van der Waals surface area contributed by atoms with Crippen LogP contribution in [0.5, 0.6) is 0 Å². The molecule has 2 fully saturated rings. The van der Waals surface area contributed by atoms with E-state index in [4.69, 9.17) is 18.9 Å². The monoisotopic (exact) mass is 381 g/mol. The number of hydrogen-bond acceptors (Lipinski definition) is 7. The Labute approximate surface area is 156 Å². The number of aliphatic hydroxyl groups is 1. The van der Waals surface area contributed by atoms with Gasteiger partial charge in [0.25, 0.3) is 0 Å². The lowest BCUT2D eigenvalue weighted by Gasteiger charge is -2.48. The number of aliphatic hydroxyl groups excluding tert-OH is 1. The number of amides is 1. The van der Waals surface area contributed by atoms with Crippen molar-refractivity contribution >= 4 is 11.9 Å². The number of rotatable bonds is 5. The summed E-state index contributed by atoms with van der Waals surface area (Å²) in [7, 11) is 0. The molecule has 2 unspecified atom stereocenters. The molecule has 0 aliphatic carbocycles. The number of carbonyl (C=O) groups is 2. The quantitative estimate of drug-likeness (QED) is 0.660. The van der Waals surface area contributed by atoms with Crippen LogP contribution < -0.4 is 5.32 Å². The number of hydrogen-bond donors (Lipinski definition) is 3. The van der Waals surface area contributed by atoms with Gasteiger partial charge in [0.05, 0.1) is 6.61 Å². The lowest BCUT2D eigenvalue weighted by molar-refractivity contribution is -0.344. The molecule has 27 heavy (non-hydrogen) atoms. The Bertz CT molecular complexity index is 669. The van der Waals surface area contributed by atoms with Gasteiger partial charge in [0.2, 0.25) is 5.91 Å². The van der Waals surface area contributed by atoms with Crippen molar-refractivity contribution in [3.8, 4) is 0 Å². The van der Waals surface area contributed by atoms with Crippen molar-refractivity contribution < 1.29 is 38.7 Å². The van der Waals surface area contributed by atoms with Crippen LogP contribution in [-0.2, 0) is 28.5 Å². The zero-order valence-electron chi connectivity index (χ0n) is 15.0. The fraction of sp³-hybridized carbons (Fsp3) is 0.556. The second-order valence-corrected chi connectivity index (χ2v) is 6.55. The number of ether oxygens (including phenoxy) is 4. The van der Waals surface area contributed by atoms with Gasteiger partial charge in [0.1, 0.15) is 24.4 Å². The predicted octanol–water partition coefficient (Wildman–Crippen LogP) is 0.181. The minimum absolute atomic E-state index is 0.120. The van der Waals surface area contributed by atoms with Gasteiger partial charge < -0.3 is 34.5 Å². The molecule has 9 nitrogen and oxygen atoms in total. The van der Waals surface area contributed by atoms with Gasteiger partial charge >= 0.3 is 5.97 Å². The minimum Gasteiger partial charge on any atom is -0.479 e. The van der Waals surface area contributed by atoms with Crippen LogP contribution >= 0.6 is 0 Å². The van der Waals surface area contributed by atoms with Crippen molar-refractivity contribution in [3.05, 3.63) is 35.9 Å². The van der Waals surface area contributed by atoms with Gasteiger partial charge in [-0.25, -0.2) is 4.79 Å². The van der Waals surface area contributed by atoms with E-state index in [1.165, 1.54) is 13.8 Å². The van der Waals surface area contributed by atoms with Crippen LogP contribution in [0.1, 0.15) is 25.7 Å². The molecule has 1 amide bonds. The summed E-state index contributed by atoms with van der Waals surface area (Å²) in [6, 6.07) is 8.24. The molecule has 0 aromatic heterocycles. The number of carboxylic acid groups (broad SMARTS) is 1. The van der Waals surface area contributed by atoms with Gasteiger partial charge in [0, 0.05) is 12.5 Å². The Hall–Kier alpha value is -2.04. The number of nitrogens with one attached hydrogen (secondary N) is 1. The molecule has 148 valence electrons. The number of carboxylic acids is 1. The SMILES string of the molecule is CC(=O)N[C@@H]1[C@@H](OC(C)C(=O)O)[C@@H]2OC(c3ccccc3)OC[C@H]2O[C@@H]1O. The molecule has 0 spiro atoms. The van der Waals surface area contributed by atoms with E-state index in [2.05, 4.69) is 5.32 Å². The molecule has 3 N–H and O–H groups in total. The van der Waals surface area contributed by atoms with E-state index in [1.807, 2.05) is 30.3 Å². The third-order valence-electron chi connectivity index (χ3n) is 4.51. The van der Waals surface area contributed by atoms with Crippen molar-refractivity contribution in [1.82, 2.24) is 5.32 Å². The van der Waals surface area contributed by atoms with Crippen molar-refractivity contribution in [2.24, 2.45) is 0 Å². The van der Waals surface area contributed by atoms with Crippen molar-refractivity contribution in [2.45, 2.75) is 56.9 Å². The Morgan fingerprint density at radius 2 is 1.96 bits per heavy atom. The summed E-state index contributed by atoms with van der Waals surface area (Å²) >= 11 is 0. The van der Waals surface area contributed by atoms with Crippen LogP contribution in [-0.4, -0.2) is 65.4 Å². The highest BCUT2D eigenvalue weighted by Crippen LogP contribution is 2.35. The van der Waals surface area contributed by atoms with Gasteiger partial charge in [-0.1, -0.05) is 30.3 Å². The lowest BCUT2D eigenvalue weighted by atomic mass is 9.95. The van der Waals surface area contributed by atoms with Gasteiger partial charge in [-0.3, -0.25) is 4.79 Å². The summed E-state index contributed by atoms with van der Waals surface area (Å²) in [6.45, 7) is 2.78. The molecule has 7 atom stereocenters. The highest BCUT2D eigenvalue weighted by atomic mass is 16.7. The normalized spacial score (nSPS) is 34.3. The highest BCUT2D eigenvalue weighted by molar-refractivity contribution is 5.73. The fourth-order valence-electron chi connectivity index (χ4n) is 3.21. The van der Waals surface area contributed by atoms with Crippen LogP contribution in [0.15, 0.2) is 30.3 Å². The fourth-order valence-corrected chi connectivity index (χ4v) is 3.21. The van der Waals surface area contributed by atoms with Gasteiger partial charge in [-0.2, -0.15) is 0 Å². The Kier molecular flexibility index (Phi) is 6.08. The molecule has 2 aliphatic heterocycles. The average molecular weight is 381 g/mol. The number of aliphatic carboxylic acids is 1. The van der Waals surface area contributed by atoms with Crippen LogP contribution in [0, 0.1) is 0 Å². The van der Waals surface area contributed by atoms with Crippen molar-refractivity contribution in [2.75, 3.05) is 6.61 Å². The molecule has 1 aromatic rings. The minimum atomic E-state index is -1.39. The van der Waals surface area contributed by atoms with E-state index in [0.717, 1.165) is 5.56 Å². The summed E-state index contributed by atoms with van der Waals surface area (Å²) in [4.78, 5) is 22.8. The zero-order valence-corrected chi connectivity index (χ0v) is 15.0. The molecular formula is C18H23NO8. The van der Waals surface area contributed by atoms with E-state index >= 15 is 0 Å². The Balaban J connectivity index is 1.85. The smallest absolute Gasteiger partial charge is 0.332 e. The average Bonchev–Trinajstić information content (AvgIpc) is 2.64. The van der Waals surface area contributed by atoms with Gasteiger partial charge in [0.15, 0.2) is 18.7 Å². The zero-order chi connectivity index (χ0) is 19.6. The first-order chi connectivity index (χ1) is 12.9. The molecule has 0 bridgehead atoms. The van der Waals surface area contributed by atoms with Crippen molar-refractivity contribution in [3.63, 3.8) is 0 Å². The lowest BCUT2D eigenvalue weighted by Crippen LogP contribution is -2.67. The van der Waals surface area contributed by atoms with Crippen LogP contribution in [0.25, 0.3) is 0 Å². The molecule has 9 heteroatoms. The number of benzene rings is 1. The number of fused-ring (bicyclic) bond motifs is 1. The van der Waals surface area contributed by atoms with E-state index in [9.17, 15) is 19.8 Å². The third-order valence-corrected chi connectivity index (χ3v) is 4.51. The molecule has 1 aromatic carbocycles. The first-order valence-corrected chi connectivity index (χ1v) is 8.67. The van der Waals surface area contributed by atoms with Crippen molar-refractivity contribution in [1.29, 1.82) is 0 Å². The summed E-state index contributed by atoms with van der Waals surface area (Å²) < 4.78 is 22.9. The van der Waals surface area contributed by atoms with Crippen LogP contribution in [0.3, 0.4) is 0 Å². The van der Waals surface area contributed by atoms with Gasteiger partial charge in [-0.15, -0.1) is 0 Å². The van der Waals surface area contributed by atoms with E-state index in [-0.39, 0.29) is 6.61 Å². The molecule has 0 radical (unpaired) electrons. The predicted molar refractivity (Wildman–Crippen MR) is 90.5 cm³/mol. The molecular weight excluding hydrogens is 358 g/mol. The first-order valence-electron chi connectivity index (χ1n) is 8.67. The van der Waals surface area contributed by atoms with Crippen LogP contribution in [0.4, 0.5) is 0 Å². The maximum absolute atomic E-state index is 11.6. The maximum atomic E-state index is 11.6. The van der Waals surface area contributed by atoms with E-state index in [1.54, 1.807) is 0 Å². The topological polar surface area (TPSA) is 124 Å². The van der Waals surface area contributed by atoms with E-state index in [0.29, 0.717) is 0 Å². The largest absolute Gasteiger partial charge is 0.479 e. The molecule has 2 heterocycles. The second-order valence-electron chi connectivity index (χ2n) is 6.55. The van der Waals surface area contributed by atoms with Gasteiger partial charge in [-0.05, 0) is 6.92 Å². The Morgan fingerprint density at radius 3 is 2.59 bits per heavy atom.